The molecule has 6 heteroatoms. The summed E-state index contributed by atoms with van der Waals surface area (Å²) >= 11 is 0. The second kappa shape index (κ2) is 7.60. The Balaban J connectivity index is 2.63. The maximum atomic E-state index is 12.0. The maximum absolute atomic E-state index is 12.0. The molecule has 0 fully saturated rings. The monoisotopic (exact) mass is 268 g/mol. The topological polar surface area (TPSA) is 82.8 Å². The van der Waals surface area contributed by atoms with Crippen LogP contribution >= 0.6 is 0 Å². The Kier molecular flexibility index (Phi) is 6.11. The minimum Gasteiger partial charge on any atom is -0.497 e. The number of rotatable bonds is 7. The molecule has 0 radical (unpaired) electrons. The number of nitrogens with two attached hydrogens (primary N) is 1. The van der Waals surface area contributed by atoms with Gasteiger partial charge in [-0.15, -0.1) is 0 Å². The van der Waals surface area contributed by atoms with Gasteiger partial charge in [0.2, 0.25) is 0 Å². The molecule has 1 atom stereocenters. The summed E-state index contributed by atoms with van der Waals surface area (Å²) < 4.78 is 15.2. The zero-order valence-corrected chi connectivity index (χ0v) is 11.4. The molecule has 0 aliphatic heterocycles. The van der Waals surface area contributed by atoms with Crippen LogP contribution in [0.1, 0.15) is 10.4 Å². The summed E-state index contributed by atoms with van der Waals surface area (Å²) in [4.78, 5) is 12.0. The van der Waals surface area contributed by atoms with Crippen molar-refractivity contribution in [2.75, 3.05) is 40.2 Å². The molecule has 1 aromatic rings. The molecule has 106 valence electrons. The van der Waals surface area contributed by atoms with E-state index < -0.39 is 0 Å². The summed E-state index contributed by atoms with van der Waals surface area (Å²) in [6, 6.07) is 4.92. The summed E-state index contributed by atoms with van der Waals surface area (Å²) in [5.41, 5.74) is 6.58. The quantitative estimate of drug-likeness (QED) is 0.710. The summed E-state index contributed by atoms with van der Waals surface area (Å²) in [6.45, 7) is 0.767. The van der Waals surface area contributed by atoms with Gasteiger partial charge in [0.1, 0.15) is 5.75 Å². The molecule has 0 aromatic heterocycles. The number of benzene rings is 1. The first kappa shape index (κ1) is 15.3. The summed E-state index contributed by atoms with van der Waals surface area (Å²) in [7, 11) is 4.69. The van der Waals surface area contributed by atoms with Crippen LogP contribution in [0.15, 0.2) is 18.2 Å². The molecule has 1 unspecified atom stereocenters. The molecule has 0 aliphatic rings. The van der Waals surface area contributed by atoms with Crippen LogP contribution in [0.2, 0.25) is 0 Å². The van der Waals surface area contributed by atoms with Gasteiger partial charge in [0.15, 0.2) is 0 Å². The highest BCUT2D eigenvalue weighted by molar-refractivity contribution is 5.99. The number of hydrogen-bond donors (Lipinski definition) is 2. The average molecular weight is 268 g/mol. The van der Waals surface area contributed by atoms with Gasteiger partial charge in [-0.2, -0.15) is 0 Å². The van der Waals surface area contributed by atoms with Crippen LogP contribution in [0.3, 0.4) is 0 Å². The minimum absolute atomic E-state index is 0.187. The zero-order chi connectivity index (χ0) is 14.3. The van der Waals surface area contributed by atoms with E-state index in [-0.39, 0.29) is 12.0 Å². The molecule has 0 saturated carbocycles. The van der Waals surface area contributed by atoms with Crippen LogP contribution in [-0.2, 0) is 9.47 Å². The Morgan fingerprint density at radius 1 is 1.37 bits per heavy atom. The number of methoxy groups -OCH3 is 3. The first-order valence-electron chi connectivity index (χ1n) is 5.85. The third-order valence-corrected chi connectivity index (χ3v) is 2.68. The van der Waals surface area contributed by atoms with Crippen LogP contribution in [0.5, 0.6) is 5.75 Å². The number of anilines is 1. The van der Waals surface area contributed by atoms with Crippen molar-refractivity contribution in [1.29, 1.82) is 0 Å². The summed E-state index contributed by atoms with van der Waals surface area (Å²) in [6.07, 6.45) is -0.187. The van der Waals surface area contributed by atoms with Gasteiger partial charge in [0, 0.05) is 32.5 Å². The van der Waals surface area contributed by atoms with E-state index in [9.17, 15) is 4.79 Å². The lowest BCUT2D eigenvalue weighted by atomic mass is 10.1. The second-order valence-electron chi connectivity index (χ2n) is 3.98. The molecule has 1 rings (SSSR count). The van der Waals surface area contributed by atoms with Gasteiger partial charge in [-0.1, -0.05) is 0 Å². The minimum atomic E-state index is -0.252. The molecular weight excluding hydrogens is 248 g/mol. The molecule has 1 amide bonds. The van der Waals surface area contributed by atoms with Crippen molar-refractivity contribution >= 4 is 11.6 Å². The van der Waals surface area contributed by atoms with Crippen LogP contribution in [-0.4, -0.2) is 46.5 Å². The smallest absolute Gasteiger partial charge is 0.253 e. The van der Waals surface area contributed by atoms with Crippen molar-refractivity contribution in [1.82, 2.24) is 5.32 Å². The number of carbonyl (C=O) groups is 1. The van der Waals surface area contributed by atoms with Crippen LogP contribution in [0.25, 0.3) is 0 Å². The lowest BCUT2D eigenvalue weighted by molar-refractivity contribution is 0.0285. The third-order valence-electron chi connectivity index (χ3n) is 2.68. The lowest BCUT2D eigenvalue weighted by Gasteiger charge is -2.15. The van der Waals surface area contributed by atoms with E-state index in [4.69, 9.17) is 19.9 Å². The molecular formula is C13H20N2O4. The van der Waals surface area contributed by atoms with Crippen LogP contribution < -0.4 is 15.8 Å². The van der Waals surface area contributed by atoms with Gasteiger partial charge >= 0.3 is 0 Å². The third kappa shape index (κ3) is 4.42. The van der Waals surface area contributed by atoms with Crippen molar-refractivity contribution in [3.8, 4) is 5.75 Å². The van der Waals surface area contributed by atoms with E-state index in [1.807, 2.05) is 0 Å². The Morgan fingerprint density at radius 3 is 2.63 bits per heavy atom. The molecule has 0 bridgehead atoms. The SMILES string of the molecule is COCC(CNC(=O)c1ccc(OC)cc1N)OC. The Bertz CT molecular complexity index is 423. The number of carbonyl (C=O) groups excluding carboxylic acids is 1. The fraction of sp³-hybridized carbons (Fsp3) is 0.462. The first-order chi connectivity index (χ1) is 9.12. The van der Waals surface area contributed by atoms with E-state index in [0.29, 0.717) is 30.2 Å². The lowest BCUT2D eigenvalue weighted by Crippen LogP contribution is -2.35. The fourth-order valence-corrected chi connectivity index (χ4v) is 1.57. The maximum Gasteiger partial charge on any atom is 0.253 e. The van der Waals surface area contributed by atoms with Crippen LogP contribution in [0.4, 0.5) is 5.69 Å². The molecule has 3 N–H and O–H groups in total. The van der Waals surface area contributed by atoms with E-state index in [1.165, 1.54) is 0 Å². The molecule has 0 saturated heterocycles. The largest absolute Gasteiger partial charge is 0.497 e. The molecule has 1 aromatic carbocycles. The Morgan fingerprint density at radius 2 is 2.11 bits per heavy atom. The normalized spacial score (nSPS) is 11.9. The van der Waals surface area contributed by atoms with E-state index >= 15 is 0 Å². The highest BCUT2D eigenvalue weighted by Crippen LogP contribution is 2.19. The standard InChI is InChI=1S/C13H20N2O4/c1-17-8-10(19-3)7-15-13(16)11-5-4-9(18-2)6-12(11)14/h4-6,10H,7-8,14H2,1-3H3,(H,15,16). The molecule has 0 heterocycles. The van der Waals surface area contributed by atoms with Crippen molar-refractivity contribution in [3.05, 3.63) is 23.8 Å². The van der Waals surface area contributed by atoms with Crippen molar-refractivity contribution < 1.29 is 19.0 Å². The van der Waals surface area contributed by atoms with Crippen molar-refractivity contribution in [2.24, 2.45) is 0 Å². The molecule has 6 nitrogen and oxygen atoms in total. The number of nitrogen functional groups attached to an aromatic ring is 1. The van der Waals surface area contributed by atoms with Gasteiger partial charge in [0.25, 0.3) is 5.91 Å². The van der Waals surface area contributed by atoms with Crippen LogP contribution in [0, 0.1) is 0 Å². The van der Waals surface area contributed by atoms with Gasteiger partial charge < -0.3 is 25.3 Å². The van der Waals surface area contributed by atoms with Crippen molar-refractivity contribution in [2.45, 2.75) is 6.10 Å². The predicted molar refractivity (Wildman–Crippen MR) is 72.4 cm³/mol. The van der Waals surface area contributed by atoms with Crippen molar-refractivity contribution in [3.63, 3.8) is 0 Å². The summed E-state index contributed by atoms with van der Waals surface area (Å²) in [5, 5.41) is 2.75. The summed E-state index contributed by atoms with van der Waals surface area (Å²) in [5.74, 6) is 0.363. The molecule has 19 heavy (non-hydrogen) atoms. The van der Waals surface area contributed by atoms with E-state index in [2.05, 4.69) is 5.32 Å². The van der Waals surface area contributed by atoms with Gasteiger partial charge in [-0.05, 0) is 12.1 Å². The predicted octanol–water partition coefficient (Wildman–Crippen LogP) is 0.669. The molecule has 0 aliphatic carbocycles. The number of nitrogens with one attached hydrogen (secondary N) is 1. The van der Waals surface area contributed by atoms with Gasteiger partial charge in [-0.25, -0.2) is 0 Å². The number of hydrogen-bond acceptors (Lipinski definition) is 5. The zero-order valence-electron chi connectivity index (χ0n) is 11.4. The average Bonchev–Trinajstić information content (AvgIpc) is 2.42. The van der Waals surface area contributed by atoms with Gasteiger partial charge in [0.05, 0.1) is 25.4 Å². The Labute approximate surface area is 112 Å². The highest BCUT2D eigenvalue weighted by atomic mass is 16.5. The number of amides is 1. The highest BCUT2D eigenvalue weighted by Gasteiger charge is 2.13. The van der Waals surface area contributed by atoms with E-state index in [0.717, 1.165) is 0 Å². The second-order valence-corrected chi connectivity index (χ2v) is 3.98. The van der Waals surface area contributed by atoms with Gasteiger partial charge in [-0.3, -0.25) is 4.79 Å². The van der Waals surface area contributed by atoms with E-state index in [1.54, 1.807) is 39.5 Å². The first-order valence-corrected chi connectivity index (χ1v) is 5.85. The number of ether oxygens (including phenoxy) is 3. The fourth-order valence-electron chi connectivity index (χ4n) is 1.57. The Hall–Kier alpha value is -1.79. The molecule has 0 spiro atoms.